The van der Waals surface area contributed by atoms with Crippen LogP contribution in [0.1, 0.15) is 31.2 Å². The number of benzene rings is 1. The van der Waals surface area contributed by atoms with E-state index >= 15 is 0 Å². The minimum atomic E-state index is -0.0609. The van der Waals surface area contributed by atoms with E-state index in [9.17, 15) is 4.79 Å². The Balaban J connectivity index is 1.85. The van der Waals surface area contributed by atoms with E-state index in [2.05, 4.69) is 22.4 Å². The van der Waals surface area contributed by atoms with Crippen LogP contribution in [0.5, 0.6) is 0 Å². The number of hydrogen-bond acceptors (Lipinski definition) is 2. The molecule has 1 saturated carbocycles. The zero-order valence-corrected chi connectivity index (χ0v) is 10.9. The molecule has 0 bridgehead atoms. The molecule has 1 aliphatic carbocycles. The number of carbonyl (C=O) groups excluding carboxylic acids is 1. The second-order valence-electron chi connectivity index (χ2n) is 5.01. The second-order valence-corrected chi connectivity index (χ2v) is 5.01. The molecule has 1 aromatic heterocycles. The van der Waals surface area contributed by atoms with Crippen molar-refractivity contribution in [1.82, 2.24) is 4.98 Å². The molecule has 0 atom stereocenters. The first-order valence-electron chi connectivity index (χ1n) is 6.56. The molecule has 1 heterocycles. The quantitative estimate of drug-likeness (QED) is 0.907. The lowest BCUT2D eigenvalue weighted by molar-refractivity contribution is -0.114. The topological polar surface area (TPSA) is 42.0 Å². The summed E-state index contributed by atoms with van der Waals surface area (Å²) in [5.74, 6) is 0.668. The summed E-state index contributed by atoms with van der Waals surface area (Å²) < 4.78 is 0. The molecule has 19 heavy (non-hydrogen) atoms. The van der Waals surface area contributed by atoms with Crippen molar-refractivity contribution >= 4 is 11.6 Å². The highest BCUT2D eigenvalue weighted by atomic mass is 16.1. The van der Waals surface area contributed by atoms with Crippen LogP contribution >= 0.6 is 0 Å². The SMILES string of the molecule is CC(=O)Nc1cccc(-c2ccc(C3CC3)cn2)c1. The van der Waals surface area contributed by atoms with Gasteiger partial charge in [-0.05, 0) is 42.5 Å². The maximum atomic E-state index is 11.1. The number of nitrogens with zero attached hydrogens (tertiary/aromatic N) is 1. The van der Waals surface area contributed by atoms with Crippen molar-refractivity contribution in [2.75, 3.05) is 5.32 Å². The zero-order valence-electron chi connectivity index (χ0n) is 10.9. The van der Waals surface area contributed by atoms with Crippen molar-refractivity contribution in [3.8, 4) is 11.3 Å². The Hall–Kier alpha value is -2.16. The number of aromatic nitrogens is 1. The first-order valence-corrected chi connectivity index (χ1v) is 6.56. The summed E-state index contributed by atoms with van der Waals surface area (Å²) in [4.78, 5) is 15.6. The Morgan fingerprint density at radius 3 is 2.74 bits per heavy atom. The number of pyridine rings is 1. The van der Waals surface area contributed by atoms with Crippen LogP contribution in [-0.2, 0) is 4.79 Å². The van der Waals surface area contributed by atoms with E-state index in [-0.39, 0.29) is 5.91 Å². The van der Waals surface area contributed by atoms with Crippen molar-refractivity contribution < 1.29 is 4.79 Å². The minimum Gasteiger partial charge on any atom is -0.326 e. The second kappa shape index (κ2) is 4.84. The average molecular weight is 252 g/mol. The summed E-state index contributed by atoms with van der Waals surface area (Å²) in [5.41, 5.74) is 4.10. The third-order valence-corrected chi connectivity index (χ3v) is 3.31. The van der Waals surface area contributed by atoms with Gasteiger partial charge in [0.05, 0.1) is 5.69 Å². The maximum absolute atomic E-state index is 11.1. The van der Waals surface area contributed by atoms with Gasteiger partial charge in [0.1, 0.15) is 0 Å². The van der Waals surface area contributed by atoms with Crippen LogP contribution < -0.4 is 5.32 Å². The highest BCUT2D eigenvalue weighted by Crippen LogP contribution is 2.39. The van der Waals surface area contributed by atoms with Crippen molar-refractivity contribution in [2.45, 2.75) is 25.7 Å². The molecular weight excluding hydrogens is 236 g/mol. The summed E-state index contributed by atoms with van der Waals surface area (Å²) in [6.07, 6.45) is 4.55. The van der Waals surface area contributed by atoms with Crippen LogP contribution in [0.4, 0.5) is 5.69 Å². The van der Waals surface area contributed by atoms with Crippen LogP contribution in [0.25, 0.3) is 11.3 Å². The minimum absolute atomic E-state index is 0.0609. The molecule has 1 N–H and O–H groups in total. The fourth-order valence-corrected chi connectivity index (χ4v) is 2.19. The van der Waals surface area contributed by atoms with Crippen LogP contribution in [0, 0.1) is 0 Å². The van der Waals surface area contributed by atoms with Gasteiger partial charge in [-0.1, -0.05) is 18.2 Å². The Morgan fingerprint density at radius 1 is 1.26 bits per heavy atom. The molecule has 0 spiro atoms. The lowest BCUT2D eigenvalue weighted by Gasteiger charge is -2.06. The van der Waals surface area contributed by atoms with Crippen LogP contribution in [0.2, 0.25) is 0 Å². The van der Waals surface area contributed by atoms with E-state index in [1.54, 1.807) is 0 Å². The van der Waals surface area contributed by atoms with Gasteiger partial charge in [-0.15, -0.1) is 0 Å². The van der Waals surface area contributed by atoms with Gasteiger partial charge in [-0.25, -0.2) is 0 Å². The number of anilines is 1. The van der Waals surface area contributed by atoms with Gasteiger partial charge >= 0.3 is 0 Å². The molecule has 0 aliphatic heterocycles. The largest absolute Gasteiger partial charge is 0.326 e. The molecule has 1 fully saturated rings. The molecule has 0 radical (unpaired) electrons. The molecule has 1 aromatic carbocycles. The third-order valence-electron chi connectivity index (χ3n) is 3.31. The van der Waals surface area contributed by atoms with Crippen LogP contribution in [0.15, 0.2) is 42.6 Å². The van der Waals surface area contributed by atoms with E-state index < -0.39 is 0 Å². The number of rotatable bonds is 3. The normalized spacial score (nSPS) is 14.2. The Bertz CT molecular complexity index is 600. The smallest absolute Gasteiger partial charge is 0.221 e. The standard InChI is InChI=1S/C16H16N2O/c1-11(19)18-15-4-2-3-13(9-15)16-8-7-14(10-17-16)12-5-6-12/h2-4,7-10,12H,5-6H2,1H3,(H,18,19). The fourth-order valence-electron chi connectivity index (χ4n) is 2.19. The fraction of sp³-hybridized carbons (Fsp3) is 0.250. The third kappa shape index (κ3) is 2.81. The Labute approximate surface area is 112 Å². The highest BCUT2D eigenvalue weighted by molar-refractivity contribution is 5.89. The first-order chi connectivity index (χ1) is 9.22. The number of amides is 1. The van der Waals surface area contributed by atoms with E-state index in [0.29, 0.717) is 0 Å². The molecule has 3 nitrogen and oxygen atoms in total. The average Bonchev–Trinajstić information content (AvgIpc) is 3.23. The molecular formula is C16H16N2O. The van der Waals surface area contributed by atoms with Gasteiger partial charge < -0.3 is 5.32 Å². The summed E-state index contributed by atoms with van der Waals surface area (Å²) >= 11 is 0. The molecule has 1 amide bonds. The van der Waals surface area contributed by atoms with Gasteiger partial charge in [-0.2, -0.15) is 0 Å². The van der Waals surface area contributed by atoms with Crippen molar-refractivity contribution in [1.29, 1.82) is 0 Å². The molecule has 96 valence electrons. The Morgan fingerprint density at radius 2 is 2.11 bits per heavy atom. The predicted molar refractivity (Wildman–Crippen MR) is 76.0 cm³/mol. The summed E-state index contributed by atoms with van der Waals surface area (Å²) in [5, 5.41) is 2.79. The molecule has 3 rings (SSSR count). The van der Waals surface area contributed by atoms with Gasteiger partial charge in [-0.3, -0.25) is 9.78 Å². The lowest BCUT2D eigenvalue weighted by Crippen LogP contribution is -2.05. The molecule has 1 aliphatic rings. The van der Waals surface area contributed by atoms with Crippen molar-refractivity contribution in [3.05, 3.63) is 48.2 Å². The van der Waals surface area contributed by atoms with E-state index in [0.717, 1.165) is 22.9 Å². The first kappa shape index (κ1) is 11.9. The summed E-state index contributed by atoms with van der Waals surface area (Å²) in [6.45, 7) is 1.51. The number of hydrogen-bond donors (Lipinski definition) is 1. The molecule has 2 aromatic rings. The highest BCUT2D eigenvalue weighted by Gasteiger charge is 2.23. The zero-order chi connectivity index (χ0) is 13.2. The van der Waals surface area contributed by atoms with Crippen molar-refractivity contribution in [2.24, 2.45) is 0 Å². The number of nitrogens with one attached hydrogen (secondary N) is 1. The summed E-state index contributed by atoms with van der Waals surface area (Å²) in [7, 11) is 0. The van der Waals surface area contributed by atoms with Gasteiger partial charge in [0.25, 0.3) is 0 Å². The van der Waals surface area contributed by atoms with Gasteiger partial charge in [0.15, 0.2) is 0 Å². The Kier molecular flexibility index (Phi) is 3.03. The van der Waals surface area contributed by atoms with E-state index in [4.69, 9.17) is 0 Å². The molecule has 0 saturated heterocycles. The number of carbonyl (C=O) groups is 1. The molecule has 0 unspecified atom stereocenters. The molecule has 3 heteroatoms. The van der Waals surface area contributed by atoms with Gasteiger partial charge in [0.2, 0.25) is 5.91 Å². The monoisotopic (exact) mass is 252 g/mol. The summed E-state index contributed by atoms with van der Waals surface area (Å²) in [6, 6.07) is 12.0. The van der Waals surface area contributed by atoms with Crippen LogP contribution in [-0.4, -0.2) is 10.9 Å². The van der Waals surface area contributed by atoms with E-state index in [1.807, 2.05) is 30.5 Å². The predicted octanol–water partition coefficient (Wildman–Crippen LogP) is 3.58. The maximum Gasteiger partial charge on any atom is 0.221 e. The van der Waals surface area contributed by atoms with Crippen LogP contribution in [0.3, 0.4) is 0 Å². The lowest BCUT2D eigenvalue weighted by atomic mass is 10.1. The van der Waals surface area contributed by atoms with E-state index in [1.165, 1.54) is 25.3 Å². The van der Waals surface area contributed by atoms with Gasteiger partial charge in [0, 0.05) is 24.4 Å². The van der Waals surface area contributed by atoms with Crippen molar-refractivity contribution in [3.63, 3.8) is 0 Å².